The summed E-state index contributed by atoms with van der Waals surface area (Å²) in [5, 5.41) is 3.52. The van der Waals surface area contributed by atoms with Gasteiger partial charge in [0.2, 0.25) is 0 Å². The lowest BCUT2D eigenvalue weighted by Gasteiger charge is -2.43. The standard InChI is InChI=1S/C22H21BrFNO2/c1-27-22(26)12-4-2-11(3-5-12)20-19-14-7-6-13(8-14)18(19)16-9-15(23)10-17(24)21(16)25-20/h2-5,9-10,13-14,18-20,25H,6-8H2,1H3. The quantitative estimate of drug-likeness (QED) is 0.624. The average molecular weight is 430 g/mol. The van der Waals surface area contributed by atoms with E-state index < -0.39 is 0 Å². The fourth-order valence-electron chi connectivity index (χ4n) is 5.79. The lowest BCUT2D eigenvalue weighted by molar-refractivity contribution is 0.0600. The van der Waals surface area contributed by atoms with Crippen molar-refractivity contribution in [3.8, 4) is 0 Å². The van der Waals surface area contributed by atoms with Crippen LogP contribution in [0.2, 0.25) is 0 Å². The van der Waals surface area contributed by atoms with E-state index in [0.717, 1.165) is 15.6 Å². The van der Waals surface area contributed by atoms with Crippen LogP contribution in [-0.4, -0.2) is 13.1 Å². The zero-order valence-corrected chi connectivity index (χ0v) is 16.6. The third-order valence-corrected chi connectivity index (χ3v) is 7.26. The molecule has 27 heavy (non-hydrogen) atoms. The molecule has 5 unspecified atom stereocenters. The summed E-state index contributed by atoms with van der Waals surface area (Å²) in [6.45, 7) is 0. The van der Waals surface area contributed by atoms with Crippen LogP contribution in [0.1, 0.15) is 52.7 Å². The zero-order chi connectivity index (χ0) is 18.7. The van der Waals surface area contributed by atoms with Crippen LogP contribution in [0.4, 0.5) is 10.1 Å². The third-order valence-electron chi connectivity index (χ3n) is 6.80. The molecule has 0 aromatic heterocycles. The molecule has 1 aliphatic heterocycles. The third kappa shape index (κ3) is 2.62. The van der Waals surface area contributed by atoms with Crippen molar-refractivity contribution in [1.29, 1.82) is 0 Å². The fraction of sp³-hybridized carbons (Fsp3) is 0.409. The number of fused-ring (bicyclic) bond motifs is 7. The second kappa shape index (κ2) is 6.33. The van der Waals surface area contributed by atoms with Gasteiger partial charge in [0, 0.05) is 4.47 Å². The molecular formula is C22H21BrFNO2. The van der Waals surface area contributed by atoms with Crippen LogP contribution in [0.3, 0.4) is 0 Å². The fourth-order valence-corrected chi connectivity index (χ4v) is 6.23. The summed E-state index contributed by atoms with van der Waals surface area (Å²) < 4.78 is 20.4. The van der Waals surface area contributed by atoms with Crippen LogP contribution < -0.4 is 5.32 Å². The van der Waals surface area contributed by atoms with Gasteiger partial charge in [-0.05, 0) is 78.3 Å². The van der Waals surface area contributed by atoms with Crippen molar-refractivity contribution in [3.05, 3.63) is 63.4 Å². The number of anilines is 1. The lowest BCUT2D eigenvalue weighted by Crippen LogP contribution is -2.36. The van der Waals surface area contributed by atoms with E-state index in [9.17, 15) is 9.18 Å². The molecule has 0 spiro atoms. The molecule has 5 atom stereocenters. The molecule has 3 aliphatic rings. The van der Waals surface area contributed by atoms with Crippen molar-refractivity contribution in [1.82, 2.24) is 0 Å². The number of methoxy groups -OCH3 is 1. The zero-order valence-electron chi connectivity index (χ0n) is 15.0. The number of carbonyl (C=O) groups is 1. The van der Waals surface area contributed by atoms with Crippen molar-refractivity contribution in [2.75, 3.05) is 12.4 Å². The number of benzene rings is 2. The SMILES string of the molecule is COC(=O)c1ccc(C2Nc3c(F)cc(Br)cc3C3C4CCC(C4)C23)cc1. The van der Waals surface area contributed by atoms with Crippen molar-refractivity contribution < 1.29 is 13.9 Å². The Morgan fingerprint density at radius 1 is 1.19 bits per heavy atom. The summed E-state index contributed by atoms with van der Waals surface area (Å²) in [5.41, 5.74) is 3.42. The molecule has 5 rings (SSSR count). The molecular weight excluding hydrogens is 409 g/mol. The highest BCUT2D eigenvalue weighted by atomic mass is 79.9. The van der Waals surface area contributed by atoms with E-state index in [1.807, 2.05) is 12.1 Å². The predicted octanol–water partition coefficient (Wildman–Crippen LogP) is 5.67. The minimum Gasteiger partial charge on any atom is -0.465 e. The highest BCUT2D eigenvalue weighted by Crippen LogP contribution is 2.64. The molecule has 2 fully saturated rings. The van der Waals surface area contributed by atoms with Crippen LogP contribution in [-0.2, 0) is 4.74 Å². The van der Waals surface area contributed by atoms with Gasteiger partial charge >= 0.3 is 5.97 Å². The Bertz CT molecular complexity index is 913. The molecule has 140 valence electrons. The molecule has 2 aliphatic carbocycles. The van der Waals surface area contributed by atoms with Gasteiger partial charge in [-0.25, -0.2) is 9.18 Å². The van der Waals surface area contributed by atoms with Gasteiger partial charge in [-0.15, -0.1) is 0 Å². The van der Waals surface area contributed by atoms with Crippen LogP contribution in [0.25, 0.3) is 0 Å². The molecule has 3 nitrogen and oxygen atoms in total. The Hall–Kier alpha value is -1.88. The van der Waals surface area contributed by atoms with Gasteiger partial charge in [-0.3, -0.25) is 0 Å². The molecule has 2 saturated carbocycles. The second-order valence-electron chi connectivity index (χ2n) is 8.02. The number of carbonyl (C=O) groups excluding carboxylic acids is 1. The molecule has 2 aromatic carbocycles. The van der Waals surface area contributed by atoms with E-state index in [4.69, 9.17) is 4.74 Å². The van der Waals surface area contributed by atoms with Gasteiger partial charge in [0.15, 0.2) is 0 Å². The number of halogens is 2. The summed E-state index contributed by atoms with van der Waals surface area (Å²) in [6.07, 6.45) is 3.74. The average Bonchev–Trinajstić information content (AvgIpc) is 3.29. The first-order chi connectivity index (χ1) is 13.1. The molecule has 2 bridgehead atoms. The first kappa shape index (κ1) is 17.2. The normalized spacial score (nSPS) is 30.4. The van der Waals surface area contributed by atoms with Gasteiger partial charge in [-0.1, -0.05) is 28.1 Å². The number of hydrogen-bond donors (Lipinski definition) is 1. The van der Waals surface area contributed by atoms with Crippen LogP contribution in [0, 0.1) is 23.6 Å². The topological polar surface area (TPSA) is 38.3 Å². The number of esters is 1. The largest absolute Gasteiger partial charge is 0.465 e. The van der Waals surface area contributed by atoms with Gasteiger partial charge in [0.1, 0.15) is 5.82 Å². The molecule has 0 amide bonds. The maximum Gasteiger partial charge on any atom is 0.337 e. The maximum absolute atomic E-state index is 14.8. The molecule has 2 aromatic rings. The summed E-state index contributed by atoms with van der Waals surface area (Å²) >= 11 is 3.47. The summed E-state index contributed by atoms with van der Waals surface area (Å²) in [4.78, 5) is 11.7. The van der Waals surface area contributed by atoms with E-state index in [-0.39, 0.29) is 17.8 Å². The summed E-state index contributed by atoms with van der Waals surface area (Å²) in [5.74, 6) is 1.65. The number of hydrogen-bond acceptors (Lipinski definition) is 3. The number of nitrogens with one attached hydrogen (secondary N) is 1. The van der Waals surface area contributed by atoms with Gasteiger partial charge in [0.25, 0.3) is 0 Å². The minimum atomic E-state index is -0.336. The van der Waals surface area contributed by atoms with Crippen LogP contribution >= 0.6 is 15.9 Å². The Morgan fingerprint density at radius 3 is 2.67 bits per heavy atom. The number of ether oxygens (including phenoxy) is 1. The van der Waals surface area contributed by atoms with Gasteiger partial charge < -0.3 is 10.1 Å². The summed E-state index contributed by atoms with van der Waals surface area (Å²) in [7, 11) is 1.39. The maximum atomic E-state index is 14.8. The molecule has 0 saturated heterocycles. The Kier molecular flexibility index (Phi) is 4.04. The van der Waals surface area contributed by atoms with Crippen molar-refractivity contribution in [2.24, 2.45) is 17.8 Å². The van der Waals surface area contributed by atoms with Crippen molar-refractivity contribution >= 4 is 27.6 Å². The second-order valence-corrected chi connectivity index (χ2v) is 8.94. The summed E-state index contributed by atoms with van der Waals surface area (Å²) in [6, 6.07) is 11.3. The first-order valence-electron chi connectivity index (χ1n) is 9.50. The minimum absolute atomic E-state index is 0.0696. The first-order valence-corrected chi connectivity index (χ1v) is 10.3. The number of rotatable bonds is 2. The van der Waals surface area contributed by atoms with Crippen LogP contribution in [0.15, 0.2) is 40.9 Å². The molecule has 0 radical (unpaired) electrons. The van der Waals surface area contributed by atoms with E-state index in [0.29, 0.717) is 34.9 Å². The monoisotopic (exact) mass is 429 g/mol. The Labute approximate surface area is 166 Å². The highest BCUT2D eigenvalue weighted by Gasteiger charge is 2.54. The lowest BCUT2D eigenvalue weighted by atomic mass is 9.68. The van der Waals surface area contributed by atoms with Gasteiger partial charge in [0.05, 0.1) is 24.4 Å². The Morgan fingerprint density at radius 2 is 1.93 bits per heavy atom. The smallest absolute Gasteiger partial charge is 0.337 e. The molecule has 1 N–H and O–H groups in total. The molecule has 1 heterocycles. The van der Waals surface area contributed by atoms with Crippen molar-refractivity contribution in [2.45, 2.75) is 31.2 Å². The van der Waals surface area contributed by atoms with Gasteiger partial charge in [-0.2, -0.15) is 0 Å². The van der Waals surface area contributed by atoms with E-state index in [2.05, 4.69) is 27.3 Å². The highest BCUT2D eigenvalue weighted by molar-refractivity contribution is 9.10. The van der Waals surface area contributed by atoms with E-state index in [1.165, 1.54) is 32.4 Å². The molecule has 5 heteroatoms. The van der Waals surface area contributed by atoms with E-state index in [1.54, 1.807) is 12.1 Å². The Balaban J connectivity index is 1.58. The van der Waals surface area contributed by atoms with Crippen molar-refractivity contribution in [3.63, 3.8) is 0 Å². The van der Waals surface area contributed by atoms with E-state index >= 15 is 0 Å². The van der Waals surface area contributed by atoms with Crippen LogP contribution in [0.5, 0.6) is 0 Å². The predicted molar refractivity (Wildman–Crippen MR) is 105 cm³/mol.